The van der Waals surface area contributed by atoms with Crippen molar-refractivity contribution in [3.05, 3.63) is 28.2 Å². The SMILES string of the molecule is CC(=O)N(CCC(=O)N1CCCC(C)C1)c1ccc(C)cc1Br. The summed E-state index contributed by atoms with van der Waals surface area (Å²) in [6.45, 7) is 7.84. The summed E-state index contributed by atoms with van der Waals surface area (Å²) >= 11 is 3.52. The number of halogens is 1. The predicted octanol–water partition coefficient (Wildman–Crippen LogP) is 3.76. The molecule has 1 aromatic rings. The molecule has 1 saturated heterocycles. The summed E-state index contributed by atoms with van der Waals surface area (Å²) in [5.41, 5.74) is 1.95. The van der Waals surface area contributed by atoms with Crippen molar-refractivity contribution in [1.82, 2.24) is 4.90 Å². The fourth-order valence-corrected chi connectivity index (χ4v) is 3.77. The van der Waals surface area contributed by atoms with E-state index in [9.17, 15) is 9.59 Å². The van der Waals surface area contributed by atoms with Crippen molar-refractivity contribution < 1.29 is 9.59 Å². The molecule has 1 aromatic carbocycles. The van der Waals surface area contributed by atoms with Crippen LogP contribution in [-0.2, 0) is 9.59 Å². The Morgan fingerprint density at radius 2 is 2.13 bits per heavy atom. The lowest BCUT2D eigenvalue weighted by Crippen LogP contribution is -2.41. The lowest BCUT2D eigenvalue weighted by Gasteiger charge is -2.32. The first-order valence-electron chi connectivity index (χ1n) is 8.20. The molecule has 0 aliphatic carbocycles. The molecular weight excluding hydrogens is 356 g/mol. The quantitative estimate of drug-likeness (QED) is 0.797. The monoisotopic (exact) mass is 380 g/mol. The summed E-state index contributed by atoms with van der Waals surface area (Å²) < 4.78 is 0.881. The number of amides is 2. The summed E-state index contributed by atoms with van der Waals surface area (Å²) in [7, 11) is 0. The zero-order chi connectivity index (χ0) is 17.0. The van der Waals surface area contributed by atoms with E-state index in [1.807, 2.05) is 30.0 Å². The van der Waals surface area contributed by atoms with E-state index < -0.39 is 0 Å². The molecule has 1 aliphatic rings. The van der Waals surface area contributed by atoms with Gasteiger partial charge in [-0.1, -0.05) is 13.0 Å². The van der Waals surface area contributed by atoms with Crippen LogP contribution in [0.25, 0.3) is 0 Å². The number of anilines is 1. The molecule has 1 aliphatic heterocycles. The third-order valence-corrected chi connectivity index (χ3v) is 4.97. The standard InChI is InChI=1S/C18H25BrN2O2/c1-13-6-7-17(16(19)11-13)21(15(3)22)10-8-18(23)20-9-4-5-14(2)12-20/h6-7,11,14H,4-5,8-10,12H2,1-3H3. The molecule has 126 valence electrons. The fraction of sp³-hybridized carbons (Fsp3) is 0.556. The number of hydrogen-bond donors (Lipinski definition) is 0. The highest BCUT2D eigenvalue weighted by Crippen LogP contribution is 2.28. The molecule has 0 aromatic heterocycles. The fourth-order valence-electron chi connectivity index (χ4n) is 3.06. The van der Waals surface area contributed by atoms with Crippen molar-refractivity contribution in [2.45, 2.75) is 40.0 Å². The largest absolute Gasteiger partial charge is 0.342 e. The van der Waals surface area contributed by atoms with Gasteiger partial charge in [0.1, 0.15) is 0 Å². The third-order valence-electron chi connectivity index (χ3n) is 4.33. The summed E-state index contributed by atoms with van der Waals surface area (Å²) in [6.07, 6.45) is 2.64. The van der Waals surface area contributed by atoms with E-state index >= 15 is 0 Å². The highest BCUT2D eigenvalue weighted by atomic mass is 79.9. The van der Waals surface area contributed by atoms with Crippen LogP contribution in [0.5, 0.6) is 0 Å². The number of likely N-dealkylation sites (tertiary alicyclic amines) is 1. The van der Waals surface area contributed by atoms with Crippen LogP contribution in [0.1, 0.15) is 38.7 Å². The zero-order valence-electron chi connectivity index (χ0n) is 14.1. The Morgan fingerprint density at radius 3 is 2.74 bits per heavy atom. The zero-order valence-corrected chi connectivity index (χ0v) is 15.7. The van der Waals surface area contributed by atoms with Gasteiger partial charge in [-0.3, -0.25) is 9.59 Å². The minimum Gasteiger partial charge on any atom is -0.342 e. The first-order chi connectivity index (χ1) is 10.9. The Bertz CT molecular complexity index is 588. The second kappa shape index (κ2) is 7.95. The van der Waals surface area contributed by atoms with E-state index in [1.54, 1.807) is 11.8 Å². The third kappa shape index (κ3) is 4.80. The topological polar surface area (TPSA) is 40.6 Å². The van der Waals surface area contributed by atoms with Gasteiger partial charge in [-0.05, 0) is 59.3 Å². The van der Waals surface area contributed by atoms with E-state index in [2.05, 4.69) is 22.9 Å². The second-order valence-electron chi connectivity index (χ2n) is 6.46. The number of benzene rings is 1. The number of aryl methyl sites for hydroxylation is 1. The summed E-state index contributed by atoms with van der Waals surface area (Å²) in [6, 6.07) is 5.89. The first kappa shape index (κ1) is 18.0. The number of nitrogens with zero attached hydrogens (tertiary/aromatic N) is 2. The first-order valence-corrected chi connectivity index (χ1v) is 9.00. The molecule has 0 radical (unpaired) electrons. The van der Waals surface area contributed by atoms with E-state index in [0.29, 0.717) is 18.9 Å². The van der Waals surface area contributed by atoms with E-state index in [0.717, 1.165) is 35.2 Å². The van der Waals surface area contributed by atoms with Gasteiger partial charge >= 0.3 is 0 Å². The van der Waals surface area contributed by atoms with Crippen molar-refractivity contribution in [1.29, 1.82) is 0 Å². The average Bonchev–Trinajstić information content (AvgIpc) is 2.48. The molecule has 1 unspecified atom stereocenters. The second-order valence-corrected chi connectivity index (χ2v) is 7.32. The molecule has 0 saturated carbocycles. The maximum absolute atomic E-state index is 12.4. The van der Waals surface area contributed by atoms with Gasteiger partial charge < -0.3 is 9.80 Å². The van der Waals surface area contributed by atoms with E-state index in [1.165, 1.54) is 6.42 Å². The van der Waals surface area contributed by atoms with Gasteiger partial charge in [0, 0.05) is 37.5 Å². The minimum absolute atomic E-state index is 0.0469. The van der Waals surface area contributed by atoms with Crippen LogP contribution >= 0.6 is 15.9 Å². The molecule has 0 spiro atoms. The minimum atomic E-state index is -0.0469. The maximum Gasteiger partial charge on any atom is 0.224 e. The smallest absolute Gasteiger partial charge is 0.224 e. The van der Waals surface area contributed by atoms with Crippen LogP contribution in [-0.4, -0.2) is 36.3 Å². The van der Waals surface area contributed by atoms with E-state index in [4.69, 9.17) is 0 Å². The van der Waals surface area contributed by atoms with Gasteiger partial charge in [0.05, 0.1) is 5.69 Å². The Hall–Kier alpha value is -1.36. The van der Waals surface area contributed by atoms with Gasteiger partial charge in [0.2, 0.25) is 11.8 Å². The van der Waals surface area contributed by atoms with E-state index in [-0.39, 0.29) is 11.8 Å². The number of carbonyl (C=O) groups is 2. The summed E-state index contributed by atoms with van der Waals surface area (Å²) in [4.78, 5) is 28.0. The molecule has 0 bridgehead atoms. The van der Waals surface area contributed by atoms with Crippen molar-refractivity contribution in [3.63, 3.8) is 0 Å². The average molecular weight is 381 g/mol. The molecule has 1 heterocycles. The molecule has 5 heteroatoms. The van der Waals surface area contributed by atoms with Crippen molar-refractivity contribution >= 4 is 33.4 Å². The Labute approximate surface area is 147 Å². The van der Waals surface area contributed by atoms with Gasteiger partial charge in [-0.25, -0.2) is 0 Å². The lowest BCUT2D eigenvalue weighted by atomic mass is 10.00. The van der Waals surface area contributed by atoms with Gasteiger partial charge in [0.25, 0.3) is 0 Å². The van der Waals surface area contributed by atoms with Crippen molar-refractivity contribution in [3.8, 4) is 0 Å². The van der Waals surface area contributed by atoms with Crippen molar-refractivity contribution in [2.75, 3.05) is 24.5 Å². The van der Waals surface area contributed by atoms with Crippen LogP contribution in [0.4, 0.5) is 5.69 Å². The maximum atomic E-state index is 12.4. The van der Waals surface area contributed by atoms with Crippen LogP contribution in [0.2, 0.25) is 0 Å². The Balaban J connectivity index is 2.02. The van der Waals surface area contributed by atoms with Gasteiger partial charge in [-0.15, -0.1) is 0 Å². The molecule has 2 rings (SSSR count). The number of hydrogen-bond acceptors (Lipinski definition) is 2. The highest BCUT2D eigenvalue weighted by molar-refractivity contribution is 9.10. The predicted molar refractivity (Wildman–Crippen MR) is 96.5 cm³/mol. The molecule has 0 N–H and O–H groups in total. The normalized spacial score (nSPS) is 17.9. The lowest BCUT2D eigenvalue weighted by molar-refractivity contribution is -0.132. The Morgan fingerprint density at radius 1 is 1.39 bits per heavy atom. The van der Waals surface area contributed by atoms with Gasteiger partial charge in [0.15, 0.2) is 0 Å². The molecule has 23 heavy (non-hydrogen) atoms. The number of piperidine rings is 1. The summed E-state index contributed by atoms with van der Waals surface area (Å²) in [5, 5.41) is 0. The molecule has 1 fully saturated rings. The summed E-state index contributed by atoms with van der Waals surface area (Å²) in [5.74, 6) is 0.670. The van der Waals surface area contributed by atoms with Crippen LogP contribution in [0.15, 0.2) is 22.7 Å². The highest BCUT2D eigenvalue weighted by Gasteiger charge is 2.22. The van der Waals surface area contributed by atoms with Crippen molar-refractivity contribution in [2.24, 2.45) is 5.92 Å². The van der Waals surface area contributed by atoms with Gasteiger partial charge in [-0.2, -0.15) is 0 Å². The number of carbonyl (C=O) groups excluding carboxylic acids is 2. The molecular formula is C18H25BrN2O2. The molecule has 1 atom stereocenters. The van der Waals surface area contributed by atoms with Crippen LogP contribution < -0.4 is 4.90 Å². The number of rotatable bonds is 4. The van der Waals surface area contributed by atoms with Crippen LogP contribution in [0.3, 0.4) is 0 Å². The molecule has 4 nitrogen and oxygen atoms in total. The molecule has 2 amide bonds. The Kier molecular flexibility index (Phi) is 6.22. The van der Waals surface area contributed by atoms with Crippen LogP contribution in [0, 0.1) is 12.8 Å².